The van der Waals surface area contributed by atoms with Crippen LogP contribution in [0.15, 0.2) is 54.9 Å². The van der Waals surface area contributed by atoms with Crippen LogP contribution in [0.4, 0.5) is 4.79 Å². The zero-order valence-electron chi connectivity index (χ0n) is 13.2. The Kier molecular flexibility index (Phi) is 8.81. The molecule has 0 atom stereocenters. The standard InChI is InChI=1S/C12H11NO.C5H9NO3.BrH/c14-12-7-4-8-13(10-12)9-11-5-2-1-3-6-11;7-5(8)6-1-3-9-4-2-6;/h1-8,10H,9H2;1-4H2,(H,7,8);1H. The van der Waals surface area contributed by atoms with Gasteiger partial charge in [0.15, 0.2) is 18.5 Å². The van der Waals surface area contributed by atoms with E-state index in [0.29, 0.717) is 32.1 Å². The van der Waals surface area contributed by atoms with Gasteiger partial charge in [-0.3, -0.25) is 0 Å². The monoisotopic (exact) mass is 396 g/mol. The van der Waals surface area contributed by atoms with E-state index in [9.17, 15) is 15.0 Å². The number of amides is 1. The number of halogens is 1. The van der Waals surface area contributed by atoms with Gasteiger partial charge >= 0.3 is 0 Å². The summed E-state index contributed by atoms with van der Waals surface area (Å²) in [5, 5.41) is 19.4. The Morgan fingerprint density at radius 1 is 1.17 bits per heavy atom. The lowest BCUT2D eigenvalue weighted by molar-refractivity contribution is -0.688. The minimum Gasteiger partial charge on any atom is -0.530 e. The van der Waals surface area contributed by atoms with Crippen LogP contribution in [-0.2, 0) is 11.3 Å². The van der Waals surface area contributed by atoms with Crippen molar-refractivity contribution in [2.24, 2.45) is 0 Å². The molecule has 0 bridgehead atoms. The van der Waals surface area contributed by atoms with Crippen molar-refractivity contribution in [3.05, 3.63) is 60.4 Å². The molecule has 2 heterocycles. The molecule has 7 heteroatoms. The predicted octanol–water partition coefficient (Wildman–Crippen LogP) is 0.968. The number of carboxylic acid groups (broad SMARTS) is 1. The quantitative estimate of drug-likeness (QED) is 0.767. The van der Waals surface area contributed by atoms with Gasteiger partial charge in [0.2, 0.25) is 6.20 Å². The van der Waals surface area contributed by atoms with Crippen LogP contribution in [0.1, 0.15) is 5.56 Å². The fraction of sp³-hybridized carbons (Fsp3) is 0.294. The summed E-state index contributed by atoms with van der Waals surface area (Å²) in [5.41, 5.74) is 1.23. The molecule has 1 aromatic carbocycles. The number of benzene rings is 1. The number of aromatic nitrogens is 1. The van der Waals surface area contributed by atoms with Crippen LogP contribution in [0, 0.1) is 0 Å². The van der Waals surface area contributed by atoms with Crippen LogP contribution in [0.5, 0.6) is 5.75 Å². The molecular formula is C17H21BrN2O4. The maximum Gasteiger partial charge on any atom is 0.211 e. The Morgan fingerprint density at radius 3 is 2.38 bits per heavy atom. The van der Waals surface area contributed by atoms with Gasteiger partial charge < -0.3 is 24.6 Å². The van der Waals surface area contributed by atoms with Crippen LogP contribution in [0.3, 0.4) is 0 Å². The predicted molar refractivity (Wildman–Crippen MR) is 92.0 cm³/mol. The third kappa shape index (κ3) is 6.97. The van der Waals surface area contributed by atoms with E-state index in [-0.39, 0.29) is 17.0 Å². The van der Waals surface area contributed by atoms with Crippen LogP contribution in [0.2, 0.25) is 0 Å². The van der Waals surface area contributed by atoms with E-state index in [2.05, 4.69) is 12.1 Å². The minimum atomic E-state index is -1.10. The first-order chi connectivity index (χ1) is 11.1. The second-order valence-corrected chi connectivity index (χ2v) is 5.09. The Bertz CT molecular complexity index is 619. The van der Waals surface area contributed by atoms with Gasteiger partial charge in [-0.25, -0.2) is 0 Å². The summed E-state index contributed by atoms with van der Waals surface area (Å²) in [6.07, 6.45) is 2.55. The van der Waals surface area contributed by atoms with E-state index in [1.807, 2.05) is 35.0 Å². The van der Waals surface area contributed by atoms with Crippen molar-refractivity contribution in [2.45, 2.75) is 6.54 Å². The Labute approximate surface area is 151 Å². The number of ether oxygens (including phenoxy) is 1. The highest BCUT2D eigenvalue weighted by molar-refractivity contribution is 8.93. The highest BCUT2D eigenvalue weighted by Gasteiger charge is 2.08. The normalized spacial score (nSPS) is 13.2. The number of carbonyl (C=O) groups excluding carboxylic acids is 1. The van der Waals surface area contributed by atoms with Crippen molar-refractivity contribution in [1.29, 1.82) is 0 Å². The van der Waals surface area contributed by atoms with Crippen molar-refractivity contribution >= 4 is 23.1 Å². The molecule has 2 aromatic rings. The Morgan fingerprint density at radius 2 is 1.83 bits per heavy atom. The molecule has 6 nitrogen and oxygen atoms in total. The lowest BCUT2D eigenvalue weighted by atomic mass is 10.2. The molecule has 130 valence electrons. The van der Waals surface area contributed by atoms with E-state index in [1.54, 1.807) is 12.3 Å². The number of carbonyl (C=O) groups is 1. The third-order valence-corrected chi connectivity index (χ3v) is 3.32. The van der Waals surface area contributed by atoms with Crippen LogP contribution >= 0.6 is 17.0 Å². The molecule has 0 saturated carbocycles. The molecular weight excluding hydrogens is 376 g/mol. The maximum absolute atomic E-state index is 10.1. The molecule has 24 heavy (non-hydrogen) atoms. The average molecular weight is 397 g/mol. The number of hydrogen-bond acceptors (Lipinski definition) is 4. The van der Waals surface area contributed by atoms with Crippen LogP contribution in [0.25, 0.3) is 0 Å². The number of pyridine rings is 1. The van der Waals surface area contributed by atoms with Crippen molar-refractivity contribution in [1.82, 2.24) is 4.90 Å². The smallest absolute Gasteiger partial charge is 0.211 e. The van der Waals surface area contributed by atoms with Gasteiger partial charge in [0, 0.05) is 24.7 Å². The molecule has 1 aliphatic heterocycles. The fourth-order valence-corrected chi connectivity index (χ4v) is 2.15. The molecule has 1 fully saturated rings. The molecule has 1 N–H and O–H groups in total. The van der Waals surface area contributed by atoms with Gasteiger partial charge in [0.1, 0.15) is 6.09 Å². The van der Waals surface area contributed by atoms with Crippen molar-refractivity contribution < 1.29 is 24.3 Å². The molecule has 1 saturated heterocycles. The molecule has 0 unspecified atom stereocenters. The van der Waals surface area contributed by atoms with Gasteiger partial charge in [0.25, 0.3) is 0 Å². The lowest BCUT2D eigenvalue weighted by Crippen LogP contribution is -2.47. The molecule has 3 rings (SSSR count). The van der Waals surface area contributed by atoms with E-state index < -0.39 is 6.09 Å². The maximum atomic E-state index is 10.1. The number of rotatable bonds is 2. The average Bonchev–Trinajstić information content (AvgIpc) is 2.57. The third-order valence-electron chi connectivity index (χ3n) is 3.32. The molecule has 1 amide bonds. The SMILES string of the molecule is Br.O=C([O-])N1CCOCC1.Oc1ccc[n+](Cc2ccccc2)c1. The number of aromatic hydroxyl groups is 1. The summed E-state index contributed by atoms with van der Waals surface area (Å²) in [4.78, 5) is 11.4. The summed E-state index contributed by atoms with van der Waals surface area (Å²) in [7, 11) is 0. The van der Waals surface area contributed by atoms with Crippen molar-refractivity contribution in [3.63, 3.8) is 0 Å². The van der Waals surface area contributed by atoms with Crippen LogP contribution in [-0.4, -0.2) is 42.4 Å². The van der Waals surface area contributed by atoms with Gasteiger partial charge in [-0.1, -0.05) is 30.3 Å². The first kappa shape index (κ1) is 19.9. The lowest BCUT2D eigenvalue weighted by Gasteiger charge is -2.28. The molecule has 0 radical (unpaired) electrons. The number of nitrogens with zero attached hydrogens (tertiary/aromatic N) is 2. The summed E-state index contributed by atoms with van der Waals surface area (Å²) in [6, 6.07) is 13.7. The molecule has 0 spiro atoms. The highest BCUT2D eigenvalue weighted by atomic mass is 79.9. The fourth-order valence-electron chi connectivity index (χ4n) is 2.15. The van der Waals surface area contributed by atoms with E-state index >= 15 is 0 Å². The second kappa shape index (κ2) is 10.6. The largest absolute Gasteiger partial charge is 0.530 e. The first-order valence-corrected chi connectivity index (χ1v) is 7.41. The zero-order valence-corrected chi connectivity index (χ0v) is 14.9. The first-order valence-electron chi connectivity index (χ1n) is 7.41. The molecule has 1 aliphatic rings. The van der Waals surface area contributed by atoms with E-state index in [0.717, 1.165) is 6.54 Å². The van der Waals surface area contributed by atoms with Gasteiger partial charge in [-0.2, -0.15) is 4.57 Å². The summed E-state index contributed by atoms with van der Waals surface area (Å²) in [5.74, 6) is 0.295. The van der Waals surface area contributed by atoms with Gasteiger partial charge in [-0.05, 0) is 6.07 Å². The Balaban J connectivity index is 0.000000252. The number of hydrogen-bond donors (Lipinski definition) is 1. The van der Waals surface area contributed by atoms with E-state index in [4.69, 9.17) is 4.74 Å². The molecule has 0 aliphatic carbocycles. The van der Waals surface area contributed by atoms with Crippen molar-refractivity contribution in [3.8, 4) is 5.75 Å². The number of morpholine rings is 1. The van der Waals surface area contributed by atoms with E-state index in [1.165, 1.54) is 10.5 Å². The van der Waals surface area contributed by atoms with Gasteiger partial charge in [0.05, 0.1) is 13.2 Å². The molecule has 1 aromatic heterocycles. The summed E-state index contributed by atoms with van der Waals surface area (Å²) in [6.45, 7) is 2.67. The Hall–Kier alpha value is -2.12. The highest BCUT2D eigenvalue weighted by Crippen LogP contribution is 2.02. The zero-order chi connectivity index (χ0) is 16.5. The van der Waals surface area contributed by atoms with Crippen LogP contribution < -0.4 is 9.67 Å². The second-order valence-electron chi connectivity index (χ2n) is 5.09. The van der Waals surface area contributed by atoms with Crippen molar-refractivity contribution in [2.75, 3.05) is 26.3 Å². The topological polar surface area (TPSA) is 76.7 Å². The minimum absolute atomic E-state index is 0. The summed E-state index contributed by atoms with van der Waals surface area (Å²) < 4.78 is 6.87. The van der Waals surface area contributed by atoms with Gasteiger partial charge in [-0.15, -0.1) is 17.0 Å². The summed E-state index contributed by atoms with van der Waals surface area (Å²) >= 11 is 0.